The van der Waals surface area contributed by atoms with E-state index in [-0.39, 0.29) is 10.6 Å². The number of hydrogen-bond donors (Lipinski definition) is 0. The third-order valence-electron chi connectivity index (χ3n) is 5.04. The van der Waals surface area contributed by atoms with Gasteiger partial charge in [-0.15, -0.1) is 0 Å². The van der Waals surface area contributed by atoms with Crippen molar-refractivity contribution >= 4 is 11.5 Å². The Hall–Kier alpha value is -2.42. The zero-order valence-corrected chi connectivity index (χ0v) is 15.1. The first-order chi connectivity index (χ1) is 11.9. The second-order valence-corrected chi connectivity index (χ2v) is 6.38. The van der Waals surface area contributed by atoms with Crippen LogP contribution in [-0.2, 0) is 23.9 Å². The van der Waals surface area contributed by atoms with Crippen molar-refractivity contribution in [3.8, 4) is 0 Å². The van der Waals surface area contributed by atoms with Gasteiger partial charge in [0.25, 0.3) is 0 Å². The minimum Gasteiger partial charge on any atom is -0.370 e. The quantitative estimate of drug-likeness (QED) is 0.606. The highest BCUT2D eigenvalue weighted by Gasteiger charge is 2.41. The summed E-state index contributed by atoms with van der Waals surface area (Å²) >= 11 is 0. The lowest BCUT2D eigenvalue weighted by Crippen LogP contribution is -2.45. The maximum atomic E-state index is 11.5. The molecule has 0 unspecified atom stereocenters. The van der Waals surface area contributed by atoms with Gasteiger partial charge >= 0.3 is 5.69 Å². The molecule has 1 saturated heterocycles. The molecule has 0 bridgehead atoms. The van der Waals surface area contributed by atoms with Crippen molar-refractivity contribution in [2.75, 3.05) is 25.1 Å². The molecule has 0 spiro atoms. The number of imidazole rings is 1. The predicted molar refractivity (Wildman–Crippen MR) is 92.6 cm³/mol. The van der Waals surface area contributed by atoms with Crippen LogP contribution in [0.3, 0.4) is 0 Å². The summed E-state index contributed by atoms with van der Waals surface area (Å²) < 4.78 is 9.55. The smallest absolute Gasteiger partial charge is 0.333 e. The van der Waals surface area contributed by atoms with Crippen LogP contribution in [0.2, 0.25) is 0 Å². The first kappa shape index (κ1) is 17.4. The van der Waals surface area contributed by atoms with E-state index in [1.54, 1.807) is 24.9 Å². The molecule has 2 aromatic heterocycles. The molecular weight excluding hydrogens is 324 g/mol. The summed E-state index contributed by atoms with van der Waals surface area (Å²) in [5.41, 5.74) is 0.0913. The Bertz CT molecular complexity index is 773. The van der Waals surface area contributed by atoms with Gasteiger partial charge in [-0.2, -0.15) is 5.10 Å². The van der Waals surface area contributed by atoms with E-state index in [4.69, 9.17) is 4.74 Å². The molecule has 0 radical (unpaired) electrons. The van der Waals surface area contributed by atoms with Gasteiger partial charge in [0.15, 0.2) is 0 Å². The first-order valence-electron chi connectivity index (χ1n) is 8.43. The summed E-state index contributed by atoms with van der Waals surface area (Å²) in [4.78, 5) is 17.7. The number of nitro groups is 1. The summed E-state index contributed by atoms with van der Waals surface area (Å²) in [5.74, 6) is 1.49. The fraction of sp³-hybridized carbons (Fsp3) is 0.625. The van der Waals surface area contributed by atoms with Crippen LogP contribution in [-0.4, -0.2) is 44.5 Å². The number of rotatable bonds is 5. The van der Waals surface area contributed by atoms with Gasteiger partial charge in [0, 0.05) is 59.0 Å². The SMILES string of the molecule is CCn1nc(C)c([N+](=O)[O-])c1N1CCC(OC)(c2nccn2C)CC1. The standard InChI is InChI=1S/C16H24N6O3/c1-5-21-14(13(22(23)24)12(2)18-21)20-9-6-16(25-4,7-10-20)15-17-8-11-19(15)3/h8,11H,5-7,9-10H2,1-4H3. The van der Waals surface area contributed by atoms with E-state index in [1.165, 1.54) is 0 Å². The molecule has 3 heterocycles. The third kappa shape index (κ3) is 2.78. The Labute approximate surface area is 146 Å². The Balaban J connectivity index is 1.90. The molecule has 136 valence electrons. The van der Waals surface area contributed by atoms with Gasteiger partial charge in [-0.05, 0) is 13.8 Å². The molecule has 0 N–H and O–H groups in total. The molecule has 0 aromatic carbocycles. The number of aromatic nitrogens is 4. The Morgan fingerprint density at radius 1 is 1.40 bits per heavy atom. The molecule has 0 amide bonds. The summed E-state index contributed by atoms with van der Waals surface area (Å²) in [6.45, 7) is 5.51. The molecular formula is C16H24N6O3. The van der Waals surface area contributed by atoms with Crippen molar-refractivity contribution < 1.29 is 9.66 Å². The second-order valence-electron chi connectivity index (χ2n) is 6.38. The maximum Gasteiger partial charge on any atom is 0.333 e. The van der Waals surface area contributed by atoms with Gasteiger partial charge in [0.1, 0.15) is 17.1 Å². The lowest BCUT2D eigenvalue weighted by molar-refractivity contribution is -0.384. The topological polar surface area (TPSA) is 91.2 Å². The Kier molecular flexibility index (Phi) is 4.51. The van der Waals surface area contributed by atoms with E-state index in [1.807, 2.05) is 29.6 Å². The number of aryl methyl sites for hydroxylation is 3. The lowest BCUT2D eigenvalue weighted by Gasteiger charge is -2.40. The maximum absolute atomic E-state index is 11.5. The molecule has 0 atom stereocenters. The van der Waals surface area contributed by atoms with Crippen molar-refractivity contribution in [3.63, 3.8) is 0 Å². The van der Waals surface area contributed by atoms with E-state index < -0.39 is 5.60 Å². The number of methoxy groups -OCH3 is 1. The number of ether oxygens (including phenoxy) is 1. The molecule has 25 heavy (non-hydrogen) atoms. The van der Waals surface area contributed by atoms with Gasteiger partial charge in [0.2, 0.25) is 5.82 Å². The van der Waals surface area contributed by atoms with Crippen LogP contribution < -0.4 is 4.90 Å². The molecule has 3 rings (SSSR count). The minimum atomic E-state index is -0.463. The highest BCUT2D eigenvalue weighted by molar-refractivity contribution is 5.61. The molecule has 1 aliphatic heterocycles. The third-order valence-corrected chi connectivity index (χ3v) is 5.04. The fourth-order valence-corrected chi connectivity index (χ4v) is 3.71. The van der Waals surface area contributed by atoms with Gasteiger partial charge in [0.05, 0.1) is 4.92 Å². The first-order valence-corrected chi connectivity index (χ1v) is 8.43. The van der Waals surface area contributed by atoms with Crippen molar-refractivity contribution in [1.82, 2.24) is 19.3 Å². The zero-order valence-electron chi connectivity index (χ0n) is 15.1. The van der Waals surface area contributed by atoms with E-state index >= 15 is 0 Å². The van der Waals surface area contributed by atoms with Gasteiger partial charge in [-0.1, -0.05) is 0 Å². The van der Waals surface area contributed by atoms with Crippen molar-refractivity contribution in [3.05, 3.63) is 34.0 Å². The number of anilines is 1. The van der Waals surface area contributed by atoms with Gasteiger partial charge in [-0.3, -0.25) is 10.1 Å². The monoisotopic (exact) mass is 348 g/mol. The van der Waals surface area contributed by atoms with Gasteiger partial charge in [-0.25, -0.2) is 9.67 Å². The molecule has 2 aromatic rings. The van der Waals surface area contributed by atoms with Crippen molar-refractivity contribution in [2.24, 2.45) is 7.05 Å². The predicted octanol–water partition coefficient (Wildman–Crippen LogP) is 2.00. The van der Waals surface area contributed by atoms with Crippen LogP contribution in [0.25, 0.3) is 0 Å². The number of piperidine rings is 1. The highest BCUT2D eigenvalue weighted by Crippen LogP contribution is 2.39. The Morgan fingerprint density at radius 2 is 2.08 bits per heavy atom. The van der Waals surface area contributed by atoms with Crippen LogP contribution >= 0.6 is 0 Å². The zero-order chi connectivity index (χ0) is 18.2. The second kappa shape index (κ2) is 6.47. The summed E-state index contributed by atoms with van der Waals surface area (Å²) in [6, 6.07) is 0. The normalized spacial score (nSPS) is 17.0. The van der Waals surface area contributed by atoms with E-state index in [0.29, 0.717) is 44.0 Å². The van der Waals surface area contributed by atoms with E-state index in [9.17, 15) is 10.1 Å². The minimum absolute atomic E-state index is 0.101. The molecule has 9 nitrogen and oxygen atoms in total. The van der Waals surface area contributed by atoms with Crippen LogP contribution in [0.15, 0.2) is 12.4 Å². The lowest BCUT2D eigenvalue weighted by atomic mass is 9.90. The van der Waals surface area contributed by atoms with Crippen molar-refractivity contribution in [1.29, 1.82) is 0 Å². The van der Waals surface area contributed by atoms with E-state index in [0.717, 1.165) is 5.82 Å². The molecule has 1 aliphatic rings. The summed E-state index contributed by atoms with van der Waals surface area (Å²) in [5, 5.41) is 15.8. The summed E-state index contributed by atoms with van der Waals surface area (Å²) in [7, 11) is 3.66. The average Bonchev–Trinajstić information content (AvgIpc) is 3.18. The van der Waals surface area contributed by atoms with Crippen LogP contribution in [0.4, 0.5) is 11.5 Å². The molecule has 1 fully saturated rings. The van der Waals surface area contributed by atoms with Crippen LogP contribution in [0.5, 0.6) is 0 Å². The highest BCUT2D eigenvalue weighted by atomic mass is 16.6. The summed E-state index contributed by atoms with van der Waals surface area (Å²) in [6.07, 6.45) is 5.09. The molecule has 9 heteroatoms. The number of nitrogens with zero attached hydrogens (tertiary/aromatic N) is 6. The van der Waals surface area contributed by atoms with Gasteiger partial charge < -0.3 is 14.2 Å². The largest absolute Gasteiger partial charge is 0.370 e. The van der Waals surface area contributed by atoms with E-state index in [2.05, 4.69) is 10.1 Å². The average molecular weight is 348 g/mol. The number of hydrogen-bond acceptors (Lipinski definition) is 6. The Morgan fingerprint density at radius 3 is 2.56 bits per heavy atom. The fourth-order valence-electron chi connectivity index (χ4n) is 3.71. The van der Waals surface area contributed by atoms with Crippen LogP contribution in [0.1, 0.15) is 31.3 Å². The van der Waals surface area contributed by atoms with Crippen molar-refractivity contribution in [2.45, 2.75) is 38.8 Å². The van der Waals surface area contributed by atoms with Crippen LogP contribution in [0, 0.1) is 17.0 Å². The molecule has 0 aliphatic carbocycles. The molecule has 0 saturated carbocycles.